The minimum absolute atomic E-state index is 0.231. The van der Waals surface area contributed by atoms with Gasteiger partial charge in [-0.3, -0.25) is 0 Å². The molecule has 98 valence electrons. The lowest BCUT2D eigenvalue weighted by molar-refractivity contribution is -0.137. The number of hydrogen-bond acceptors (Lipinski definition) is 3. The summed E-state index contributed by atoms with van der Waals surface area (Å²) in [4.78, 5) is 11.1. The molecule has 1 rings (SSSR count). The van der Waals surface area contributed by atoms with E-state index in [0.717, 1.165) is 4.47 Å². The van der Waals surface area contributed by atoms with Crippen LogP contribution in [0.3, 0.4) is 0 Å². The quantitative estimate of drug-likeness (QED) is 0.647. The normalized spacial score (nSPS) is 12.6. The Morgan fingerprint density at radius 3 is 3.00 bits per heavy atom. The third-order valence-corrected chi connectivity index (χ3v) is 2.92. The Hall–Kier alpha value is -1.13. The third-order valence-electron chi connectivity index (χ3n) is 2.43. The highest BCUT2D eigenvalue weighted by Crippen LogP contribution is 2.17. The molecular formula is C14H18BrNO2. The SMILES string of the molecule is CCOC(=O)/C=C/CN[C@@H](C)c1cccc(Br)c1. The largest absolute Gasteiger partial charge is 0.463 e. The van der Waals surface area contributed by atoms with Gasteiger partial charge in [-0.2, -0.15) is 0 Å². The van der Waals surface area contributed by atoms with E-state index < -0.39 is 0 Å². The number of rotatable bonds is 6. The van der Waals surface area contributed by atoms with E-state index >= 15 is 0 Å². The predicted octanol–water partition coefficient (Wildman–Crippen LogP) is 3.22. The number of hydrogen-bond donors (Lipinski definition) is 1. The zero-order chi connectivity index (χ0) is 13.4. The minimum atomic E-state index is -0.297. The van der Waals surface area contributed by atoms with Crippen LogP contribution in [-0.2, 0) is 9.53 Å². The second-order valence-electron chi connectivity index (χ2n) is 3.84. The number of ether oxygens (including phenoxy) is 1. The molecule has 1 aromatic carbocycles. The fourth-order valence-corrected chi connectivity index (χ4v) is 1.90. The molecule has 0 aliphatic heterocycles. The van der Waals surface area contributed by atoms with E-state index in [1.807, 2.05) is 12.1 Å². The molecule has 0 spiro atoms. The second kappa shape index (κ2) is 8.06. The Balaban J connectivity index is 2.37. The van der Waals surface area contributed by atoms with Crippen LogP contribution in [0.15, 0.2) is 40.9 Å². The first-order valence-electron chi connectivity index (χ1n) is 5.95. The van der Waals surface area contributed by atoms with Crippen LogP contribution in [0.4, 0.5) is 0 Å². The zero-order valence-electron chi connectivity index (χ0n) is 10.7. The average Bonchev–Trinajstić information content (AvgIpc) is 2.35. The number of benzene rings is 1. The summed E-state index contributed by atoms with van der Waals surface area (Å²) in [6.07, 6.45) is 3.22. The van der Waals surface area contributed by atoms with Crippen LogP contribution in [0.25, 0.3) is 0 Å². The molecule has 0 saturated heterocycles. The molecule has 0 aliphatic rings. The van der Waals surface area contributed by atoms with Gasteiger partial charge >= 0.3 is 5.97 Å². The second-order valence-corrected chi connectivity index (χ2v) is 4.76. The topological polar surface area (TPSA) is 38.3 Å². The lowest BCUT2D eigenvalue weighted by Crippen LogP contribution is -2.18. The molecule has 3 nitrogen and oxygen atoms in total. The predicted molar refractivity (Wildman–Crippen MR) is 76.3 cm³/mol. The van der Waals surface area contributed by atoms with Crippen LogP contribution >= 0.6 is 15.9 Å². The first-order valence-corrected chi connectivity index (χ1v) is 6.75. The Bertz CT molecular complexity index is 418. The van der Waals surface area contributed by atoms with Crippen molar-refractivity contribution in [2.75, 3.05) is 13.2 Å². The fraction of sp³-hybridized carbons (Fsp3) is 0.357. The van der Waals surface area contributed by atoms with Gasteiger partial charge in [-0.1, -0.05) is 34.1 Å². The molecule has 0 amide bonds. The fourth-order valence-electron chi connectivity index (χ4n) is 1.48. The van der Waals surface area contributed by atoms with Crippen molar-refractivity contribution >= 4 is 21.9 Å². The highest BCUT2D eigenvalue weighted by atomic mass is 79.9. The van der Waals surface area contributed by atoms with Crippen LogP contribution < -0.4 is 5.32 Å². The number of carbonyl (C=O) groups is 1. The Labute approximate surface area is 116 Å². The van der Waals surface area contributed by atoms with Gasteiger partial charge in [-0.15, -0.1) is 0 Å². The van der Waals surface area contributed by atoms with Crippen LogP contribution in [0, 0.1) is 0 Å². The molecule has 1 atom stereocenters. The number of carbonyl (C=O) groups excluding carboxylic acids is 1. The molecular weight excluding hydrogens is 294 g/mol. The van der Waals surface area contributed by atoms with Gasteiger partial charge in [0.2, 0.25) is 0 Å². The Morgan fingerprint density at radius 2 is 2.33 bits per heavy atom. The molecule has 18 heavy (non-hydrogen) atoms. The summed E-state index contributed by atoms with van der Waals surface area (Å²) in [5.74, 6) is -0.297. The molecule has 0 aliphatic carbocycles. The van der Waals surface area contributed by atoms with Gasteiger partial charge in [0.1, 0.15) is 0 Å². The van der Waals surface area contributed by atoms with Gasteiger partial charge in [0.05, 0.1) is 6.61 Å². The van der Waals surface area contributed by atoms with Gasteiger partial charge in [0.25, 0.3) is 0 Å². The summed E-state index contributed by atoms with van der Waals surface area (Å²) in [6.45, 7) is 4.91. The van der Waals surface area contributed by atoms with Gasteiger partial charge in [-0.25, -0.2) is 4.79 Å². The van der Waals surface area contributed by atoms with E-state index in [1.54, 1.807) is 13.0 Å². The van der Waals surface area contributed by atoms with Gasteiger partial charge in [-0.05, 0) is 31.5 Å². The lowest BCUT2D eigenvalue weighted by Gasteiger charge is -2.12. The number of nitrogens with one attached hydrogen (secondary N) is 1. The van der Waals surface area contributed by atoms with Crippen LogP contribution in [0.1, 0.15) is 25.5 Å². The van der Waals surface area contributed by atoms with E-state index in [0.29, 0.717) is 13.2 Å². The molecule has 1 aromatic rings. The molecule has 0 radical (unpaired) electrons. The van der Waals surface area contributed by atoms with Gasteiger partial charge in [0.15, 0.2) is 0 Å². The number of halogens is 1. The van der Waals surface area contributed by atoms with Crippen molar-refractivity contribution in [2.45, 2.75) is 19.9 Å². The Kier molecular flexibility index (Phi) is 6.68. The van der Waals surface area contributed by atoms with Crippen LogP contribution in [-0.4, -0.2) is 19.1 Å². The van der Waals surface area contributed by atoms with E-state index in [4.69, 9.17) is 4.74 Å². The molecule has 0 bridgehead atoms. The monoisotopic (exact) mass is 311 g/mol. The first-order chi connectivity index (χ1) is 8.63. The van der Waals surface area contributed by atoms with Gasteiger partial charge in [0, 0.05) is 23.1 Å². The van der Waals surface area contributed by atoms with E-state index in [1.165, 1.54) is 11.6 Å². The number of esters is 1. The summed E-state index contributed by atoms with van der Waals surface area (Å²) in [5, 5.41) is 3.31. The van der Waals surface area contributed by atoms with E-state index in [2.05, 4.69) is 40.3 Å². The summed E-state index contributed by atoms with van der Waals surface area (Å²) < 4.78 is 5.86. The highest BCUT2D eigenvalue weighted by molar-refractivity contribution is 9.10. The minimum Gasteiger partial charge on any atom is -0.463 e. The molecule has 0 heterocycles. The van der Waals surface area contributed by atoms with Crippen molar-refractivity contribution in [3.8, 4) is 0 Å². The maximum Gasteiger partial charge on any atom is 0.330 e. The van der Waals surface area contributed by atoms with Crippen molar-refractivity contribution in [2.24, 2.45) is 0 Å². The third kappa shape index (κ3) is 5.47. The van der Waals surface area contributed by atoms with Crippen molar-refractivity contribution in [3.05, 3.63) is 46.5 Å². The van der Waals surface area contributed by atoms with Crippen molar-refractivity contribution in [1.29, 1.82) is 0 Å². The molecule has 0 fully saturated rings. The average molecular weight is 312 g/mol. The standard InChI is InChI=1S/C14H18BrNO2/c1-3-18-14(17)8-5-9-16-11(2)12-6-4-7-13(15)10-12/h4-8,10-11,16H,3,9H2,1-2H3/b8-5+/t11-/m0/s1. The first kappa shape index (κ1) is 14.9. The van der Waals surface area contributed by atoms with Crippen LogP contribution in [0.2, 0.25) is 0 Å². The maximum absolute atomic E-state index is 11.1. The molecule has 0 saturated carbocycles. The lowest BCUT2D eigenvalue weighted by atomic mass is 10.1. The Morgan fingerprint density at radius 1 is 1.56 bits per heavy atom. The van der Waals surface area contributed by atoms with Gasteiger partial charge < -0.3 is 10.1 Å². The summed E-state index contributed by atoms with van der Waals surface area (Å²) in [7, 11) is 0. The molecule has 0 unspecified atom stereocenters. The summed E-state index contributed by atoms with van der Waals surface area (Å²) >= 11 is 3.45. The summed E-state index contributed by atoms with van der Waals surface area (Å²) in [5.41, 5.74) is 1.20. The van der Waals surface area contributed by atoms with E-state index in [9.17, 15) is 4.79 Å². The van der Waals surface area contributed by atoms with Crippen molar-refractivity contribution in [1.82, 2.24) is 5.32 Å². The smallest absolute Gasteiger partial charge is 0.330 e. The van der Waals surface area contributed by atoms with Crippen molar-refractivity contribution in [3.63, 3.8) is 0 Å². The zero-order valence-corrected chi connectivity index (χ0v) is 12.2. The molecule has 4 heteroatoms. The molecule has 0 aromatic heterocycles. The van der Waals surface area contributed by atoms with Crippen LogP contribution in [0.5, 0.6) is 0 Å². The van der Waals surface area contributed by atoms with E-state index in [-0.39, 0.29) is 12.0 Å². The van der Waals surface area contributed by atoms with Crippen molar-refractivity contribution < 1.29 is 9.53 Å². The maximum atomic E-state index is 11.1. The summed E-state index contributed by atoms with van der Waals surface area (Å²) in [6, 6.07) is 8.38. The highest BCUT2D eigenvalue weighted by Gasteiger charge is 2.03. The molecule has 1 N–H and O–H groups in total.